The van der Waals surface area contributed by atoms with Crippen molar-refractivity contribution in [1.29, 1.82) is 0 Å². The Balaban J connectivity index is 1.85. The van der Waals surface area contributed by atoms with Crippen LogP contribution in [0.25, 0.3) is 0 Å². The molecule has 30 heavy (non-hydrogen) atoms. The minimum atomic E-state index is 0.615. The molecule has 2 atom stereocenters. The zero-order valence-electron chi connectivity index (χ0n) is 21.9. The summed E-state index contributed by atoms with van der Waals surface area (Å²) in [4.78, 5) is 0. The first-order valence-electron chi connectivity index (χ1n) is 14.6. The molecule has 0 heteroatoms. The molecule has 0 aromatic heterocycles. The molecule has 1 saturated carbocycles. The van der Waals surface area contributed by atoms with Gasteiger partial charge in [0.05, 0.1) is 0 Å². The normalized spacial score (nSPS) is 18.8. The van der Waals surface area contributed by atoms with Gasteiger partial charge in [0, 0.05) is 0 Å². The molecule has 2 unspecified atom stereocenters. The molecule has 0 heterocycles. The van der Waals surface area contributed by atoms with Crippen LogP contribution in [0.5, 0.6) is 0 Å². The Morgan fingerprint density at radius 1 is 0.500 bits per heavy atom. The SMILES string of the molecule is CCCCCCCCCCCCCCCCC(C)(C)C1CC1CCCCCCCC. The van der Waals surface area contributed by atoms with Gasteiger partial charge >= 0.3 is 0 Å². The highest BCUT2D eigenvalue weighted by atomic mass is 14.5. The Bertz CT molecular complexity index is 355. The summed E-state index contributed by atoms with van der Waals surface area (Å²) >= 11 is 0. The summed E-state index contributed by atoms with van der Waals surface area (Å²) < 4.78 is 0. The minimum Gasteiger partial charge on any atom is -0.0654 e. The van der Waals surface area contributed by atoms with E-state index in [-0.39, 0.29) is 0 Å². The lowest BCUT2D eigenvalue weighted by molar-refractivity contribution is 0.253. The molecule has 0 aromatic rings. The molecule has 0 bridgehead atoms. The van der Waals surface area contributed by atoms with Crippen LogP contribution in [-0.2, 0) is 0 Å². The second kappa shape index (κ2) is 18.6. The van der Waals surface area contributed by atoms with Gasteiger partial charge in [-0.2, -0.15) is 0 Å². The molecule has 0 amide bonds. The predicted octanol–water partition coefficient (Wildman–Crippen LogP) is 11.3. The maximum atomic E-state index is 2.57. The topological polar surface area (TPSA) is 0 Å². The van der Waals surface area contributed by atoms with E-state index in [2.05, 4.69) is 27.7 Å². The average molecular weight is 421 g/mol. The lowest BCUT2D eigenvalue weighted by Crippen LogP contribution is -2.15. The summed E-state index contributed by atoms with van der Waals surface area (Å²) in [6, 6.07) is 0. The van der Waals surface area contributed by atoms with E-state index >= 15 is 0 Å². The van der Waals surface area contributed by atoms with E-state index in [1.165, 1.54) is 141 Å². The third-order valence-corrected chi connectivity index (χ3v) is 8.03. The molecule has 0 nitrogen and oxygen atoms in total. The highest BCUT2D eigenvalue weighted by Crippen LogP contribution is 2.55. The van der Waals surface area contributed by atoms with Crippen LogP contribution in [0.15, 0.2) is 0 Å². The third-order valence-electron chi connectivity index (χ3n) is 8.03. The van der Waals surface area contributed by atoms with E-state index in [1.54, 1.807) is 6.42 Å². The molecule has 0 spiro atoms. The van der Waals surface area contributed by atoms with Crippen molar-refractivity contribution in [3.8, 4) is 0 Å². The van der Waals surface area contributed by atoms with Gasteiger partial charge in [-0.3, -0.25) is 0 Å². The Kier molecular flexibility index (Phi) is 17.3. The van der Waals surface area contributed by atoms with Crippen LogP contribution < -0.4 is 0 Å². The van der Waals surface area contributed by atoms with Crippen molar-refractivity contribution in [2.24, 2.45) is 17.3 Å². The van der Waals surface area contributed by atoms with Crippen molar-refractivity contribution in [2.75, 3.05) is 0 Å². The van der Waals surface area contributed by atoms with Crippen LogP contribution in [0.4, 0.5) is 0 Å². The standard InChI is InChI=1S/C30H60/c1-5-7-9-11-13-14-15-16-17-18-19-20-22-24-26-30(3,4)29-27-28(29)25-23-21-12-10-8-6-2/h28-29H,5-27H2,1-4H3. The van der Waals surface area contributed by atoms with Crippen LogP contribution in [-0.4, -0.2) is 0 Å². The van der Waals surface area contributed by atoms with Crippen LogP contribution in [0.3, 0.4) is 0 Å². The van der Waals surface area contributed by atoms with Gasteiger partial charge in [0.15, 0.2) is 0 Å². The van der Waals surface area contributed by atoms with E-state index in [1.807, 2.05) is 0 Å². The molecule has 1 fully saturated rings. The molecule has 180 valence electrons. The number of hydrogen-bond donors (Lipinski definition) is 0. The Morgan fingerprint density at radius 2 is 0.867 bits per heavy atom. The van der Waals surface area contributed by atoms with Crippen molar-refractivity contribution in [1.82, 2.24) is 0 Å². The van der Waals surface area contributed by atoms with Crippen molar-refractivity contribution in [2.45, 2.75) is 175 Å². The molecule has 0 aromatic carbocycles. The smallest absolute Gasteiger partial charge is 0.0323 e. The largest absolute Gasteiger partial charge is 0.0654 e. The molecule has 0 aliphatic heterocycles. The van der Waals surface area contributed by atoms with Gasteiger partial charge in [-0.15, -0.1) is 0 Å². The van der Waals surface area contributed by atoms with E-state index in [0.717, 1.165) is 11.8 Å². The quantitative estimate of drug-likeness (QED) is 0.144. The second-order valence-corrected chi connectivity index (χ2v) is 11.5. The van der Waals surface area contributed by atoms with Gasteiger partial charge in [-0.25, -0.2) is 0 Å². The van der Waals surface area contributed by atoms with E-state index in [9.17, 15) is 0 Å². The molecule has 1 aliphatic carbocycles. The highest BCUT2D eigenvalue weighted by Gasteiger charge is 2.46. The van der Waals surface area contributed by atoms with Crippen LogP contribution in [0.1, 0.15) is 175 Å². The number of unbranched alkanes of at least 4 members (excludes halogenated alkanes) is 18. The first-order chi connectivity index (χ1) is 14.6. The van der Waals surface area contributed by atoms with E-state index in [0.29, 0.717) is 5.41 Å². The Hall–Kier alpha value is 0. The van der Waals surface area contributed by atoms with Gasteiger partial charge in [0.1, 0.15) is 0 Å². The van der Waals surface area contributed by atoms with Crippen molar-refractivity contribution in [3.05, 3.63) is 0 Å². The maximum Gasteiger partial charge on any atom is -0.0323 e. The summed E-state index contributed by atoms with van der Waals surface area (Å²) in [5.74, 6) is 2.13. The lowest BCUT2D eigenvalue weighted by Gasteiger charge is -2.25. The average Bonchev–Trinajstić information content (AvgIpc) is 3.51. The molecular weight excluding hydrogens is 360 g/mol. The fourth-order valence-corrected chi connectivity index (χ4v) is 5.67. The van der Waals surface area contributed by atoms with Crippen LogP contribution >= 0.6 is 0 Å². The fraction of sp³-hybridized carbons (Fsp3) is 1.00. The van der Waals surface area contributed by atoms with Crippen molar-refractivity contribution >= 4 is 0 Å². The van der Waals surface area contributed by atoms with Gasteiger partial charge in [0.2, 0.25) is 0 Å². The van der Waals surface area contributed by atoms with Crippen LogP contribution in [0.2, 0.25) is 0 Å². The van der Waals surface area contributed by atoms with Gasteiger partial charge in [-0.1, -0.05) is 163 Å². The first-order valence-corrected chi connectivity index (χ1v) is 14.6. The third kappa shape index (κ3) is 14.9. The Labute approximate surface area is 192 Å². The monoisotopic (exact) mass is 420 g/mol. The molecular formula is C30H60. The molecule has 0 saturated heterocycles. The fourth-order valence-electron chi connectivity index (χ4n) is 5.67. The van der Waals surface area contributed by atoms with Crippen molar-refractivity contribution in [3.63, 3.8) is 0 Å². The second-order valence-electron chi connectivity index (χ2n) is 11.5. The number of hydrogen-bond acceptors (Lipinski definition) is 0. The predicted molar refractivity (Wildman–Crippen MR) is 138 cm³/mol. The van der Waals surface area contributed by atoms with Crippen molar-refractivity contribution < 1.29 is 0 Å². The Morgan fingerprint density at radius 3 is 1.30 bits per heavy atom. The minimum absolute atomic E-state index is 0.615. The van der Waals surface area contributed by atoms with Gasteiger partial charge in [-0.05, 0) is 30.1 Å². The molecule has 0 N–H and O–H groups in total. The molecule has 0 radical (unpaired) electrons. The maximum absolute atomic E-state index is 2.57. The summed E-state index contributed by atoms with van der Waals surface area (Å²) in [5.41, 5.74) is 0.615. The van der Waals surface area contributed by atoms with Gasteiger partial charge < -0.3 is 0 Å². The molecule has 1 aliphatic rings. The zero-order valence-corrected chi connectivity index (χ0v) is 21.9. The van der Waals surface area contributed by atoms with E-state index < -0.39 is 0 Å². The number of rotatable bonds is 23. The summed E-state index contributed by atoms with van der Waals surface area (Å²) in [7, 11) is 0. The summed E-state index contributed by atoms with van der Waals surface area (Å²) in [5, 5.41) is 0. The zero-order chi connectivity index (χ0) is 21.9. The molecule has 1 rings (SSSR count). The van der Waals surface area contributed by atoms with E-state index in [4.69, 9.17) is 0 Å². The lowest BCUT2D eigenvalue weighted by atomic mass is 9.80. The van der Waals surface area contributed by atoms with Crippen LogP contribution in [0, 0.1) is 17.3 Å². The van der Waals surface area contributed by atoms with Gasteiger partial charge in [0.25, 0.3) is 0 Å². The highest BCUT2D eigenvalue weighted by molar-refractivity contribution is 4.95. The summed E-state index contributed by atoms with van der Waals surface area (Å²) in [6.45, 7) is 9.76. The summed E-state index contributed by atoms with van der Waals surface area (Å²) in [6.07, 6.45) is 33.9. The first kappa shape index (κ1) is 28.0.